The van der Waals surface area contributed by atoms with Gasteiger partial charge in [0, 0.05) is 24.6 Å². The number of aryl methyl sites for hydroxylation is 1. The molecule has 0 unspecified atom stereocenters. The standard InChI is InChI=1S/C15H16NO/c1-12-6-8-14(9-7-12)16-11-10-15(17)13-4-2-3-5-13/h2-9,16H,10-11H2,1H3. The van der Waals surface area contributed by atoms with Crippen LogP contribution in [0.15, 0.2) is 24.3 Å². The minimum atomic E-state index is 0.189. The zero-order valence-corrected chi connectivity index (χ0v) is 9.94. The smallest absolute Gasteiger partial charge is 0.142 e. The van der Waals surface area contributed by atoms with E-state index in [9.17, 15) is 4.79 Å². The summed E-state index contributed by atoms with van der Waals surface area (Å²) in [5.74, 6) is 0.991. The van der Waals surface area contributed by atoms with Gasteiger partial charge in [-0.2, -0.15) is 0 Å². The van der Waals surface area contributed by atoms with E-state index in [0.717, 1.165) is 11.6 Å². The van der Waals surface area contributed by atoms with Gasteiger partial charge < -0.3 is 5.32 Å². The van der Waals surface area contributed by atoms with Gasteiger partial charge in [0.25, 0.3) is 0 Å². The number of carbonyl (C=O) groups excluding carboxylic acids is 1. The van der Waals surface area contributed by atoms with E-state index in [1.807, 2.05) is 37.8 Å². The third kappa shape index (κ3) is 3.58. The molecule has 0 aliphatic heterocycles. The molecule has 2 heteroatoms. The molecular weight excluding hydrogens is 210 g/mol. The van der Waals surface area contributed by atoms with Crippen LogP contribution in [0.1, 0.15) is 12.0 Å². The van der Waals surface area contributed by atoms with Crippen LogP contribution in [0.4, 0.5) is 5.69 Å². The summed E-state index contributed by atoms with van der Waals surface area (Å²) in [7, 11) is 0. The number of hydrogen-bond acceptors (Lipinski definition) is 2. The van der Waals surface area contributed by atoms with Crippen molar-refractivity contribution in [3.8, 4) is 0 Å². The number of nitrogens with one attached hydrogen (secondary N) is 1. The number of Topliss-reactive ketones (excluding diaryl/α,β-unsaturated/α-hetero) is 1. The number of benzene rings is 1. The average Bonchev–Trinajstić information content (AvgIpc) is 2.85. The molecule has 1 aromatic carbocycles. The second-order valence-electron chi connectivity index (χ2n) is 4.14. The molecule has 0 amide bonds. The van der Waals surface area contributed by atoms with Crippen molar-refractivity contribution in [3.05, 3.63) is 61.4 Å². The Morgan fingerprint density at radius 3 is 2.41 bits per heavy atom. The summed E-state index contributed by atoms with van der Waals surface area (Å²) in [6, 6.07) is 8.17. The maximum absolute atomic E-state index is 11.7. The molecular formula is C15H16NO. The second kappa shape index (κ2) is 5.85. The minimum Gasteiger partial charge on any atom is -0.385 e. The van der Waals surface area contributed by atoms with E-state index in [4.69, 9.17) is 0 Å². The van der Waals surface area contributed by atoms with Crippen LogP contribution in [-0.4, -0.2) is 12.3 Å². The van der Waals surface area contributed by atoms with Gasteiger partial charge in [-0.05, 0) is 44.7 Å². The van der Waals surface area contributed by atoms with Crippen molar-refractivity contribution in [3.63, 3.8) is 0 Å². The first-order chi connectivity index (χ1) is 8.25. The third-order valence-electron chi connectivity index (χ3n) is 2.72. The lowest BCUT2D eigenvalue weighted by molar-refractivity contribution is -0.116. The number of ketones is 1. The Morgan fingerprint density at radius 2 is 1.76 bits per heavy atom. The van der Waals surface area contributed by atoms with Crippen LogP contribution >= 0.6 is 0 Å². The van der Waals surface area contributed by atoms with Crippen LogP contribution in [0.25, 0.3) is 0 Å². The summed E-state index contributed by atoms with van der Waals surface area (Å²) >= 11 is 0. The zero-order chi connectivity index (χ0) is 12.1. The van der Waals surface area contributed by atoms with Crippen molar-refractivity contribution in [2.75, 3.05) is 11.9 Å². The van der Waals surface area contributed by atoms with Crippen LogP contribution in [-0.2, 0) is 4.79 Å². The van der Waals surface area contributed by atoms with E-state index >= 15 is 0 Å². The average molecular weight is 226 g/mol. The first-order valence-electron chi connectivity index (χ1n) is 5.81. The normalized spacial score (nSPS) is 16.1. The van der Waals surface area contributed by atoms with Gasteiger partial charge in [-0.3, -0.25) is 4.79 Å². The maximum atomic E-state index is 11.7. The van der Waals surface area contributed by atoms with Gasteiger partial charge in [0.2, 0.25) is 0 Å². The van der Waals surface area contributed by atoms with E-state index in [-0.39, 0.29) is 5.78 Å². The molecule has 1 fully saturated rings. The van der Waals surface area contributed by atoms with E-state index in [0.29, 0.717) is 13.0 Å². The second-order valence-corrected chi connectivity index (χ2v) is 4.14. The highest BCUT2D eigenvalue weighted by atomic mass is 16.1. The molecule has 0 bridgehead atoms. The fraction of sp³-hybridized carbons (Fsp3) is 0.200. The highest BCUT2D eigenvalue weighted by Crippen LogP contribution is 2.24. The van der Waals surface area contributed by atoms with Gasteiger partial charge in [-0.1, -0.05) is 17.7 Å². The molecule has 0 saturated heterocycles. The van der Waals surface area contributed by atoms with E-state index in [2.05, 4.69) is 24.4 Å². The van der Waals surface area contributed by atoms with Gasteiger partial charge in [-0.25, -0.2) is 0 Å². The minimum absolute atomic E-state index is 0.189. The molecule has 17 heavy (non-hydrogen) atoms. The van der Waals surface area contributed by atoms with Crippen LogP contribution < -0.4 is 5.32 Å². The molecule has 0 heterocycles. The van der Waals surface area contributed by atoms with Crippen LogP contribution in [0, 0.1) is 38.5 Å². The lowest BCUT2D eigenvalue weighted by Gasteiger charge is -2.08. The van der Waals surface area contributed by atoms with Gasteiger partial charge in [0.15, 0.2) is 0 Å². The number of anilines is 1. The van der Waals surface area contributed by atoms with Crippen LogP contribution in [0.3, 0.4) is 0 Å². The molecule has 1 aromatic rings. The molecule has 2 nitrogen and oxygen atoms in total. The number of hydrogen-bond donors (Lipinski definition) is 1. The summed E-state index contributed by atoms with van der Waals surface area (Å²) in [6.07, 6.45) is 8.02. The molecule has 0 spiro atoms. The van der Waals surface area contributed by atoms with Gasteiger partial charge >= 0.3 is 0 Å². The molecule has 1 aliphatic rings. The van der Waals surface area contributed by atoms with Crippen molar-refractivity contribution >= 4 is 11.5 Å². The summed E-state index contributed by atoms with van der Waals surface area (Å²) in [4.78, 5) is 11.7. The molecule has 5 radical (unpaired) electrons. The van der Waals surface area contributed by atoms with Crippen molar-refractivity contribution < 1.29 is 4.79 Å². The molecule has 1 saturated carbocycles. The predicted molar refractivity (Wildman–Crippen MR) is 69.7 cm³/mol. The Labute approximate surface area is 103 Å². The van der Waals surface area contributed by atoms with E-state index in [1.165, 1.54) is 5.56 Å². The predicted octanol–water partition coefficient (Wildman–Crippen LogP) is 2.77. The highest BCUT2D eigenvalue weighted by Gasteiger charge is 2.23. The molecule has 0 aromatic heterocycles. The van der Waals surface area contributed by atoms with Gasteiger partial charge in [-0.15, -0.1) is 0 Å². The van der Waals surface area contributed by atoms with Crippen molar-refractivity contribution in [2.24, 2.45) is 0 Å². The quantitative estimate of drug-likeness (QED) is 0.836. The number of rotatable bonds is 5. The molecule has 2 rings (SSSR count). The van der Waals surface area contributed by atoms with Crippen LogP contribution in [0.2, 0.25) is 0 Å². The fourth-order valence-corrected chi connectivity index (χ4v) is 1.70. The third-order valence-corrected chi connectivity index (χ3v) is 2.72. The first-order valence-corrected chi connectivity index (χ1v) is 5.81. The Kier molecular flexibility index (Phi) is 4.18. The Bertz CT molecular complexity index is 363. The van der Waals surface area contributed by atoms with Gasteiger partial charge in [0.1, 0.15) is 5.78 Å². The monoisotopic (exact) mass is 226 g/mol. The van der Waals surface area contributed by atoms with Crippen molar-refractivity contribution in [1.82, 2.24) is 0 Å². The lowest BCUT2D eigenvalue weighted by Crippen LogP contribution is -2.14. The largest absolute Gasteiger partial charge is 0.385 e. The summed E-state index contributed by atoms with van der Waals surface area (Å²) in [6.45, 7) is 2.73. The van der Waals surface area contributed by atoms with Crippen LogP contribution in [0.5, 0.6) is 0 Å². The lowest BCUT2D eigenvalue weighted by atomic mass is 10.0. The number of carbonyl (C=O) groups is 1. The molecule has 0 atom stereocenters. The SMILES string of the molecule is Cc1ccc(NCCC(=O)[C]2[CH][CH][CH][CH]2)cc1. The summed E-state index contributed by atoms with van der Waals surface area (Å²) in [5, 5.41) is 3.24. The molecule has 1 N–H and O–H groups in total. The van der Waals surface area contributed by atoms with E-state index < -0.39 is 0 Å². The van der Waals surface area contributed by atoms with Crippen molar-refractivity contribution in [2.45, 2.75) is 13.3 Å². The topological polar surface area (TPSA) is 29.1 Å². The zero-order valence-electron chi connectivity index (χ0n) is 9.94. The summed E-state index contributed by atoms with van der Waals surface area (Å²) in [5.41, 5.74) is 2.30. The van der Waals surface area contributed by atoms with Gasteiger partial charge in [0.05, 0.1) is 0 Å². The van der Waals surface area contributed by atoms with Crippen molar-refractivity contribution in [1.29, 1.82) is 0 Å². The Morgan fingerprint density at radius 1 is 1.12 bits per heavy atom. The Hall–Kier alpha value is -1.31. The Balaban J connectivity index is 1.72. The fourth-order valence-electron chi connectivity index (χ4n) is 1.70. The molecule has 1 aliphatic carbocycles. The first kappa shape index (κ1) is 12.2. The molecule has 87 valence electrons. The highest BCUT2D eigenvalue weighted by molar-refractivity contribution is 5.97. The maximum Gasteiger partial charge on any atom is 0.142 e. The summed E-state index contributed by atoms with van der Waals surface area (Å²) < 4.78 is 0. The van der Waals surface area contributed by atoms with E-state index in [1.54, 1.807) is 0 Å².